The molecule has 0 radical (unpaired) electrons. The molecule has 0 unspecified atom stereocenters. The van der Waals surface area contributed by atoms with Crippen LogP contribution in [0.4, 0.5) is 13.2 Å². The molecule has 1 atom stereocenters. The number of aliphatic imine (C=N–C) groups is 1. The van der Waals surface area contributed by atoms with Gasteiger partial charge in [0.1, 0.15) is 4.38 Å². The zero-order valence-corrected chi connectivity index (χ0v) is 10.6. The standard InChI is InChI=1S/C11H8F3NOS2/c12-11(13,14)7-3-1-6(2-4-7)5-8-9(16)15-10(17)18-8/h1-4,8H,5H2,(H,15,16,17)/t8-/m1/s1. The van der Waals surface area contributed by atoms with E-state index in [0.717, 1.165) is 12.1 Å². The van der Waals surface area contributed by atoms with Crippen molar-refractivity contribution < 1.29 is 18.0 Å². The monoisotopic (exact) mass is 291 g/mol. The Morgan fingerprint density at radius 2 is 1.89 bits per heavy atom. The highest BCUT2D eigenvalue weighted by molar-refractivity contribution is 8.33. The van der Waals surface area contributed by atoms with Gasteiger partial charge in [0.05, 0.1) is 10.8 Å². The summed E-state index contributed by atoms with van der Waals surface area (Å²) in [7, 11) is 0. The van der Waals surface area contributed by atoms with Gasteiger partial charge in [0, 0.05) is 0 Å². The molecule has 0 spiro atoms. The number of thioether (sulfide) groups is 1. The third-order valence-corrected chi connectivity index (χ3v) is 3.80. The number of amides is 1. The van der Waals surface area contributed by atoms with Gasteiger partial charge in [0.25, 0.3) is 5.91 Å². The van der Waals surface area contributed by atoms with E-state index in [4.69, 9.17) is 0 Å². The Morgan fingerprint density at radius 1 is 1.28 bits per heavy atom. The van der Waals surface area contributed by atoms with Gasteiger partial charge < -0.3 is 0 Å². The number of carbonyl (C=O) groups excluding carboxylic acids is 1. The molecule has 1 amide bonds. The zero-order chi connectivity index (χ0) is 13.3. The summed E-state index contributed by atoms with van der Waals surface area (Å²) in [6.07, 6.45) is -3.98. The maximum absolute atomic E-state index is 12.4. The molecule has 0 aliphatic carbocycles. The van der Waals surface area contributed by atoms with Crippen molar-refractivity contribution in [2.45, 2.75) is 17.8 Å². The van der Waals surface area contributed by atoms with Crippen molar-refractivity contribution >= 4 is 34.7 Å². The van der Waals surface area contributed by atoms with Gasteiger partial charge in [-0.3, -0.25) is 4.79 Å². The summed E-state index contributed by atoms with van der Waals surface area (Å²) >= 11 is 5.20. The second kappa shape index (κ2) is 4.97. The minimum atomic E-state index is -4.34. The zero-order valence-electron chi connectivity index (χ0n) is 8.94. The summed E-state index contributed by atoms with van der Waals surface area (Å²) in [4.78, 5) is 15.0. The van der Waals surface area contributed by atoms with Gasteiger partial charge in [-0.1, -0.05) is 23.9 Å². The van der Waals surface area contributed by atoms with E-state index in [9.17, 15) is 18.0 Å². The number of hydrogen-bond acceptors (Lipinski definition) is 2. The van der Waals surface area contributed by atoms with Crippen LogP contribution in [0.3, 0.4) is 0 Å². The van der Waals surface area contributed by atoms with Crippen LogP contribution in [0, 0.1) is 0 Å². The second-order valence-electron chi connectivity index (χ2n) is 3.74. The molecule has 0 N–H and O–H groups in total. The van der Waals surface area contributed by atoms with E-state index < -0.39 is 11.7 Å². The van der Waals surface area contributed by atoms with Crippen molar-refractivity contribution in [3.05, 3.63) is 35.4 Å². The van der Waals surface area contributed by atoms with Crippen LogP contribution < -0.4 is 0 Å². The summed E-state index contributed by atoms with van der Waals surface area (Å²) < 4.78 is 37.5. The normalized spacial score (nSPS) is 20.1. The van der Waals surface area contributed by atoms with E-state index in [1.807, 2.05) is 0 Å². The highest BCUT2D eigenvalue weighted by Gasteiger charge is 2.31. The Bertz CT molecular complexity index is 496. The molecule has 2 rings (SSSR count). The average molecular weight is 291 g/mol. The Kier molecular flexibility index (Phi) is 3.72. The number of benzene rings is 1. The molecular weight excluding hydrogens is 283 g/mol. The summed E-state index contributed by atoms with van der Waals surface area (Å²) in [5, 5.41) is -0.380. The van der Waals surface area contributed by atoms with Crippen molar-refractivity contribution in [1.82, 2.24) is 0 Å². The molecule has 1 aromatic rings. The first kappa shape index (κ1) is 13.5. The van der Waals surface area contributed by atoms with Gasteiger partial charge in [-0.2, -0.15) is 18.2 Å². The number of nitrogens with zero attached hydrogens (tertiary/aromatic N) is 1. The summed E-state index contributed by atoms with van der Waals surface area (Å²) in [6.45, 7) is 0. The molecule has 0 fully saturated rings. The minimum absolute atomic E-state index is 0.287. The lowest BCUT2D eigenvalue weighted by atomic mass is 10.1. The van der Waals surface area contributed by atoms with Crippen LogP contribution in [0.2, 0.25) is 0 Å². The highest BCUT2D eigenvalue weighted by atomic mass is 32.2. The molecule has 0 saturated heterocycles. The molecule has 96 valence electrons. The van der Waals surface area contributed by atoms with E-state index in [-0.39, 0.29) is 11.2 Å². The first-order chi connectivity index (χ1) is 8.36. The van der Waals surface area contributed by atoms with Crippen LogP contribution in [-0.4, -0.2) is 15.5 Å². The van der Waals surface area contributed by atoms with Gasteiger partial charge in [0.2, 0.25) is 0 Å². The predicted molar refractivity (Wildman–Crippen MR) is 68.0 cm³/mol. The number of carbonyl (C=O) groups is 1. The van der Waals surface area contributed by atoms with Gasteiger partial charge in [-0.05, 0) is 24.1 Å². The second-order valence-corrected chi connectivity index (χ2v) is 5.66. The van der Waals surface area contributed by atoms with Crippen LogP contribution >= 0.6 is 24.4 Å². The fourth-order valence-corrected chi connectivity index (χ4v) is 2.85. The Balaban J connectivity index is 2.06. The smallest absolute Gasteiger partial charge is 0.271 e. The lowest BCUT2D eigenvalue weighted by Gasteiger charge is -2.09. The number of alkyl halides is 3. The van der Waals surface area contributed by atoms with Gasteiger partial charge in [-0.25, -0.2) is 0 Å². The largest absolute Gasteiger partial charge is 0.416 e. The van der Waals surface area contributed by atoms with E-state index in [0.29, 0.717) is 16.4 Å². The number of halogens is 3. The molecular formula is C11H8F3NOS2. The third kappa shape index (κ3) is 3.08. The molecule has 0 bridgehead atoms. The molecule has 7 heteroatoms. The van der Waals surface area contributed by atoms with Crippen LogP contribution in [-0.2, 0) is 17.4 Å². The van der Waals surface area contributed by atoms with E-state index in [2.05, 4.69) is 17.6 Å². The molecule has 0 saturated carbocycles. The van der Waals surface area contributed by atoms with Crippen LogP contribution in [0.1, 0.15) is 11.1 Å². The predicted octanol–water partition coefficient (Wildman–Crippen LogP) is 3.18. The van der Waals surface area contributed by atoms with E-state index in [1.54, 1.807) is 0 Å². The van der Waals surface area contributed by atoms with Gasteiger partial charge >= 0.3 is 6.18 Å². The molecule has 18 heavy (non-hydrogen) atoms. The van der Waals surface area contributed by atoms with E-state index in [1.165, 1.54) is 23.9 Å². The maximum atomic E-state index is 12.4. The lowest BCUT2D eigenvalue weighted by molar-refractivity contribution is -0.137. The number of hydrogen-bond donors (Lipinski definition) is 1. The van der Waals surface area contributed by atoms with Crippen LogP contribution in [0.25, 0.3) is 0 Å². The van der Waals surface area contributed by atoms with Crippen LogP contribution in [0.15, 0.2) is 29.3 Å². The minimum Gasteiger partial charge on any atom is -0.271 e. The molecule has 0 aromatic heterocycles. The topological polar surface area (TPSA) is 29.4 Å². The first-order valence-corrected chi connectivity index (χ1v) is 6.33. The average Bonchev–Trinajstić information content (AvgIpc) is 2.57. The Hall–Kier alpha value is -0.950. The quantitative estimate of drug-likeness (QED) is 0.848. The summed E-state index contributed by atoms with van der Waals surface area (Å²) in [5.41, 5.74) is -0.0186. The third-order valence-electron chi connectivity index (χ3n) is 2.43. The number of thiol groups is 1. The summed E-state index contributed by atoms with van der Waals surface area (Å²) in [6, 6.07) is 4.80. The molecule has 2 nitrogen and oxygen atoms in total. The molecule has 1 heterocycles. The number of rotatable bonds is 2. The maximum Gasteiger partial charge on any atom is 0.416 e. The Labute approximate surface area is 111 Å². The fraction of sp³-hybridized carbons (Fsp3) is 0.273. The lowest BCUT2D eigenvalue weighted by Crippen LogP contribution is -2.14. The first-order valence-electron chi connectivity index (χ1n) is 5.00. The van der Waals surface area contributed by atoms with Crippen molar-refractivity contribution in [3.8, 4) is 0 Å². The van der Waals surface area contributed by atoms with Gasteiger partial charge in [0.15, 0.2) is 0 Å². The fourth-order valence-electron chi connectivity index (χ4n) is 1.54. The van der Waals surface area contributed by atoms with Crippen molar-refractivity contribution in [2.24, 2.45) is 4.99 Å². The summed E-state index contributed by atoms with van der Waals surface area (Å²) in [5.74, 6) is -0.287. The SMILES string of the molecule is O=C1N=C(S)S[C@@H]1Cc1ccc(C(F)(F)F)cc1. The Morgan fingerprint density at radius 3 is 2.33 bits per heavy atom. The van der Waals surface area contributed by atoms with Crippen molar-refractivity contribution in [2.75, 3.05) is 0 Å². The van der Waals surface area contributed by atoms with E-state index >= 15 is 0 Å². The van der Waals surface area contributed by atoms with Crippen molar-refractivity contribution in [1.29, 1.82) is 0 Å². The molecule has 1 aliphatic rings. The molecule has 1 aliphatic heterocycles. The van der Waals surface area contributed by atoms with Crippen LogP contribution in [0.5, 0.6) is 0 Å². The van der Waals surface area contributed by atoms with Gasteiger partial charge in [-0.15, -0.1) is 12.6 Å². The van der Waals surface area contributed by atoms with Crippen molar-refractivity contribution in [3.63, 3.8) is 0 Å². The highest BCUT2D eigenvalue weighted by Crippen LogP contribution is 2.31. The molecule has 1 aromatic carbocycles.